The Balaban J connectivity index is 3.03. The van der Waals surface area contributed by atoms with Crippen molar-refractivity contribution in [1.29, 1.82) is 0 Å². The van der Waals surface area contributed by atoms with Gasteiger partial charge in [-0.1, -0.05) is 20.3 Å². The molecule has 14 nitrogen and oxygen atoms in total. The highest BCUT2D eigenvalue weighted by Gasteiger charge is 2.31. The van der Waals surface area contributed by atoms with Crippen LogP contribution in [-0.4, -0.2) is 87.4 Å². The van der Waals surface area contributed by atoms with Crippen molar-refractivity contribution >= 4 is 41.4 Å². The predicted octanol–water partition coefficient (Wildman–Crippen LogP) is -1.33. The summed E-state index contributed by atoms with van der Waals surface area (Å²) in [4.78, 5) is 61.4. The van der Waals surface area contributed by atoms with Gasteiger partial charge in [-0.2, -0.15) is 11.8 Å². The van der Waals surface area contributed by atoms with E-state index in [0.29, 0.717) is 30.7 Å². The molecule has 1 aromatic rings. The maximum atomic E-state index is 13.2. The summed E-state index contributed by atoms with van der Waals surface area (Å²) < 4.78 is 0. The van der Waals surface area contributed by atoms with Crippen molar-refractivity contribution in [3.8, 4) is 0 Å². The van der Waals surface area contributed by atoms with Crippen molar-refractivity contribution < 1.29 is 24.3 Å². The van der Waals surface area contributed by atoms with Crippen molar-refractivity contribution in [3.63, 3.8) is 0 Å². The minimum Gasteiger partial charge on any atom is -0.480 e. The molecule has 0 fully saturated rings. The molecule has 0 aliphatic heterocycles. The van der Waals surface area contributed by atoms with Crippen molar-refractivity contribution in [1.82, 2.24) is 25.9 Å². The molecule has 0 aromatic carbocycles. The highest BCUT2D eigenvalue weighted by Crippen LogP contribution is 2.09. The van der Waals surface area contributed by atoms with E-state index in [1.807, 2.05) is 20.1 Å². The molecule has 15 heteroatoms. The Morgan fingerprint density at radius 2 is 1.71 bits per heavy atom. The maximum Gasteiger partial charge on any atom is 0.326 e. The molecule has 11 N–H and O–H groups in total. The number of nitrogens with zero attached hydrogens (tertiary/aromatic N) is 2. The first-order valence-electron chi connectivity index (χ1n) is 12.4. The number of nitrogens with two attached hydrogens (primary N) is 3. The Morgan fingerprint density at radius 3 is 2.26 bits per heavy atom. The largest absolute Gasteiger partial charge is 0.480 e. The van der Waals surface area contributed by atoms with Crippen molar-refractivity contribution in [2.75, 3.05) is 18.6 Å². The average molecular weight is 556 g/mol. The molecule has 1 aromatic heterocycles. The normalized spacial score (nSPS) is 14.8. The smallest absolute Gasteiger partial charge is 0.326 e. The standard InChI is InChI=1S/C23H41N9O5S/c1-4-13(2)18(24)21(35)30-15(7-9-38-3)19(33)32-17(10-14-11-27-12-29-14)20(34)31-16(22(36)37)6-5-8-28-23(25)26/h11-13,15-18H,4-10,24H2,1-3H3,(H,27,29)(H,30,35)(H,31,34)(H,32,33)(H,36,37)(H4,25,26,28). The molecule has 0 saturated carbocycles. The van der Waals surface area contributed by atoms with Crippen LogP contribution in [0.15, 0.2) is 17.5 Å². The third kappa shape index (κ3) is 11.8. The van der Waals surface area contributed by atoms with Crippen LogP contribution in [0.1, 0.15) is 45.2 Å². The Morgan fingerprint density at radius 1 is 1.08 bits per heavy atom. The van der Waals surface area contributed by atoms with Crippen molar-refractivity contribution in [3.05, 3.63) is 18.2 Å². The molecule has 5 unspecified atom stereocenters. The lowest BCUT2D eigenvalue weighted by atomic mass is 9.99. The monoisotopic (exact) mass is 555 g/mol. The zero-order chi connectivity index (χ0) is 28.7. The number of carbonyl (C=O) groups is 4. The molecule has 214 valence electrons. The fraction of sp³-hybridized carbons (Fsp3) is 0.652. The quantitative estimate of drug-likeness (QED) is 0.0602. The molecule has 3 amide bonds. The second-order valence-electron chi connectivity index (χ2n) is 8.94. The molecule has 0 aliphatic rings. The lowest BCUT2D eigenvalue weighted by molar-refractivity contribution is -0.142. The van der Waals surface area contributed by atoms with Gasteiger partial charge in [-0.15, -0.1) is 0 Å². The number of hydrogen-bond acceptors (Lipinski definition) is 8. The molecule has 0 saturated heterocycles. The van der Waals surface area contributed by atoms with Gasteiger partial charge in [0.05, 0.1) is 12.4 Å². The minimum absolute atomic E-state index is 0.0213. The molecule has 38 heavy (non-hydrogen) atoms. The van der Waals surface area contributed by atoms with Crippen LogP contribution in [0.25, 0.3) is 0 Å². The number of aliphatic carboxylic acids is 1. The summed E-state index contributed by atoms with van der Waals surface area (Å²) in [7, 11) is 0. The summed E-state index contributed by atoms with van der Waals surface area (Å²) in [6.45, 7) is 3.97. The summed E-state index contributed by atoms with van der Waals surface area (Å²) in [5.74, 6) is -2.60. The highest BCUT2D eigenvalue weighted by molar-refractivity contribution is 7.98. The number of H-pyrrole nitrogens is 1. The van der Waals surface area contributed by atoms with Crippen LogP contribution in [0.5, 0.6) is 0 Å². The van der Waals surface area contributed by atoms with Crippen LogP contribution >= 0.6 is 11.8 Å². The highest BCUT2D eigenvalue weighted by atomic mass is 32.2. The first-order chi connectivity index (χ1) is 18.0. The number of thioether (sulfide) groups is 1. The number of carbonyl (C=O) groups excluding carboxylic acids is 3. The number of nitrogens with one attached hydrogen (secondary N) is 4. The summed E-state index contributed by atoms with van der Waals surface area (Å²) in [5, 5.41) is 17.4. The van der Waals surface area contributed by atoms with Crippen molar-refractivity contribution in [2.45, 2.75) is 70.1 Å². The first-order valence-corrected chi connectivity index (χ1v) is 13.8. The van der Waals surface area contributed by atoms with Crippen LogP contribution in [0.3, 0.4) is 0 Å². The van der Waals surface area contributed by atoms with Gasteiger partial charge in [0.2, 0.25) is 17.7 Å². The van der Waals surface area contributed by atoms with Crippen molar-refractivity contribution in [2.24, 2.45) is 28.1 Å². The van der Waals surface area contributed by atoms with Gasteiger partial charge in [0.1, 0.15) is 18.1 Å². The SMILES string of the molecule is CCC(C)C(N)C(=O)NC(CCSC)C(=O)NC(Cc1cnc[nH]1)C(=O)NC(CCCN=C(N)N)C(=O)O. The zero-order valence-corrected chi connectivity index (χ0v) is 22.9. The molecule has 0 radical (unpaired) electrons. The van der Waals surface area contributed by atoms with Crippen LogP contribution in [-0.2, 0) is 25.6 Å². The van der Waals surface area contributed by atoms with E-state index in [9.17, 15) is 24.3 Å². The molecule has 0 aliphatic carbocycles. The molecular weight excluding hydrogens is 514 g/mol. The average Bonchev–Trinajstić information content (AvgIpc) is 3.39. The Labute approximate surface area is 226 Å². The summed E-state index contributed by atoms with van der Waals surface area (Å²) in [5.41, 5.74) is 17.2. The number of carboxylic acid groups (broad SMARTS) is 1. The van der Waals surface area contributed by atoms with Gasteiger partial charge in [0, 0.05) is 24.9 Å². The Hall–Kier alpha value is -3.33. The number of aromatic amines is 1. The number of aliphatic imine (C=N–C) groups is 1. The third-order valence-corrected chi connectivity index (χ3v) is 6.62. The zero-order valence-electron chi connectivity index (χ0n) is 22.1. The number of hydrogen-bond donors (Lipinski definition) is 8. The Bertz CT molecular complexity index is 924. The number of carboxylic acids is 1. The fourth-order valence-electron chi connectivity index (χ4n) is 3.42. The van der Waals surface area contributed by atoms with E-state index in [2.05, 4.69) is 30.9 Å². The minimum atomic E-state index is -1.24. The van der Waals surface area contributed by atoms with Gasteiger partial charge in [-0.3, -0.25) is 19.4 Å². The van der Waals surface area contributed by atoms with Gasteiger partial charge in [-0.05, 0) is 37.2 Å². The van der Waals surface area contributed by atoms with E-state index in [-0.39, 0.29) is 31.3 Å². The van der Waals surface area contributed by atoms with E-state index in [1.165, 1.54) is 24.3 Å². The summed E-state index contributed by atoms with van der Waals surface area (Å²) >= 11 is 1.50. The molecule has 5 atom stereocenters. The van der Waals surface area contributed by atoms with Crippen LogP contribution in [0, 0.1) is 5.92 Å². The molecule has 0 spiro atoms. The molecule has 1 rings (SSSR count). The number of guanidine groups is 1. The molecule has 1 heterocycles. The number of aromatic nitrogens is 2. The van der Waals surface area contributed by atoms with Crippen LogP contribution in [0.2, 0.25) is 0 Å². The molecule has 0 bridgehead atoms. The van der Waals surface area contributed by atoms with Gasteiger partial charge in [0.15, 0.2) is 5.96 Å². The maximum absolute atomic E-state index is 13.2. The van der Waals surface area contributed by atoms with Crippen LogP contribution in [0.4, 0.5) is 0 Å². The topological polar surface area (TPSA) is 244 Å². The fourth-order valence-corrected chi connectivity index (χ4v) is 3.89. The number of rotatable bonds is 18. The predicted molar refractivity (Wildman–Crippen MR) is 146 cm³/mol. The number of amides is 3. The van der Waals surface area contributed by atoms with E-state index in [1.54, 1.807) is 0 Å². The second kappa shape index (κ2) is 17.2. The lowest BCUT2D eigenvalue weighted by Crippen LogP contribution is -2.58. The van der Waals surface area contributed by atoms with E-state index in [4.69, 9.17) is 17.2 Å². The number of imidazole rings is 1. The van der Waals surface area contributed by atoms with E-state index >= 15 is 0 Å². The molecular formula is C23H41N9O5S. The lowest BCUT2D eigenvalue weighted by Gasteiger charge is -2.26. The van der Waals surface area contributed by atoms with E-state index in [0.717, 1.165) is 0 Å². The third-order valence-electron chi connectivity index (χ3n) is 5.98. The first kappa shape index (κ1) is 32.7. The second-order valence-corrected chi connectivity index (χ2v) is 9.93. The Kier molecular flexibility index (Phi) is 14.8. The summed E-state index contributed by atoms with van der Waals surface area (Å²) in [6, 6.07) is -4.08. The van der Waals surface area contributed by atoms with Gasteiger partial charge < -0.3 is 43.2 Å². The van der Waals surface area contributed by atoms with Gasteiger partial charge in [-0.25, -0.2) is 9.78 Å². The van der Waals surface area contributed by atoms with Gasteiger partial charge in [0.25, 0.3) is 0 Å². The van der Waals surface area contributed by atoms with Crippen LogP contribution < -0.4 is 33.2 Å². The van der Waals surface area contributed by atoms with Gasteiger partial charge >= 0.3 is 5.97 Å². The summed E-state index contributed by atoms with van der Waals surface area (Å²) in [6.07, 6.45) is 6.20. The van der Waals surface area contributed by atoms with E-state index < -0.39 is 47.9 Å².